The van der Waals surface area contributed by atoms with Crippen molar-refractivity contribution >= 4 is 11.9 Å². The van der Waals surface area contributed by atoms with Crippen LogP contribution in [0.15, 0.2) is 60.9 Å². The lowest BCUT2D eigenvalue weighted by Gasteiger charge is -2.32. The Morgan fingerprint density at radius 2 is 1.74 bits per heavy atom. The van der Waals surface area contributed by atoms with Crippen molar-refractivity contribution in [2.24, 2.45) is 5.92 Å². The second-order valence-electron chi connectivity index (χ2n) is 8.29. The molecule has 1 saturated heterocycles. The first-order valence-corrected chi connectivity index (χ1v) is 12.0. The van der Waals surface area contributed by atoms with Gasteiger partial charge in [0.25, 0.3) is 0 Å². The van der Waals surface area contributed by atoms with Crippen LogP contribution in [0.1, 0.15) is 32.3 Å². The van der Waals surface area contributed by atoms with Crippen LogP contribution in [0.2, 0.25) is 0 Å². The van der Waals surface area contributed by atoms with Gasteiger partial charge in [-0.25, -0.2) is 9.97 Å². The SMILES string of the molecule is CCOc1ccc(CNC(=O)C2CCCN(c3ncc(-c4ccccc4)cn3)C2)cc1OCC. The third-order valence-corrected chi connectivity index (χ3v) is 5.89. The predicted molar refractivity (Wildman–Crippen MR) is 133 cm³/mol. The van der Waals surface area contributed by atoms with Crippen LogP contribution in [0.25, 0.3) is 11.1 Å². The van der Waals surface area contributed by atoms with Gasteiger partial charge in [-0.05, 0) is 49.9 Å². The number of piperidine rings is 1. The highest BCUT2D eigenvalue weighted by atomic mass is 16.5. The van der Waals surface area contributed by atoms with Gasteiger partial charge in [0.15, 0.2) is 11.5 Å². The number of carbonyl (C=O) groups is 1. The van der Waals surface area contributed by atoms with Crippen LogP contribution < -0.4 is 19.7 Å². The number of aromatic nitrogens is 2. The zero-order chi connectivity index (χ0) is 23.8. The highest BCUT2D eigenvalue weighted by molar-refractivity contribution is 5.79. The molecule has 1 aromatic heterocycles. The van der Waals surface area contributed by atoms with Gasteiger partial charge in [-0.2, -0.15) is 0 Å². The molecule has 0 radical (unpaired) electrons. The van der Waals surface area contributed by atoms with Crippen molar-refractivity contribution in [1.82, 2.24) is 15.3 Å². The van der Waals surface area contributed by atoms with E-state index in [0.717, 1.165) is 41.8 Å². The quantitative estimate of drug-likeness (QED) is 0.508. The Bertz CT molecular complexity index is 1070. The van der Waals surface area contributed by atoms with Crippen molar-refractivity contribution < 1.29 is 14.3 Å². The number of ether oxygens (including phenoxy) is 2. The van der Waals surface area contributed by atoms with Crippen LogP contribution in [0.5, 0.6) is 11.5 Å². The summed E-state index contributed by atoms with van der Waals surface area (Å²) in [5.41, 5.74) is 3.05. The summed E-state index contributed by atoms with van der Waals surface area (Å²) in [6, 6.07) is 15.9. The van der Waals surface area contributed by atoms with Crippen molar-refractivity contribution in [2.45, 2.75) is 33.2 Å². The summed E-state index contributed by atoms with van der Waals surface area (Å²) in [5.74, 6) is 2.05. The van der Waals surface area contributed by atoms with Crippen LogP contribution in [-0.2, 0) is 11.3 Å². The number of hydrogen-bond acceptors (Lipinski definition) is 6. The van der Waals surface area contributed by atoms with E-state index in [9.17, 15) is 4.79 Å². The lowest BCUT2D eigenvalue weighted by atomic mass is 9.97. The molecular formula is C27H32N4O3. The second-order valence-corrected chi connectivity index (χ2v) is 8.29. The third-order valence-electron chi connectivity index (χ3n) is 5.89. The molecule has 0 bridgehead atoms. The molecule has 7 heteroatoms. The minimum Gasteiger partial charge on any atom is -0.490 e. The molecule has 1 aliphatic rings. The number of rotatable bonds is 9. The Balaban J connectivity index is 1.35. The van der Waals surface area contributed by atoms with E-state index in [1.165, 1.54) is 0 Å². The van der Waals surface area contributed by atoms with Crippen LogP contribution in [0.3, 0.4) is 0 Å². The van der Waals surface area contributed by atoms with Crippen LogP contribution in [0, 0.1) is 5.92 Å². The van der Waals surface area contributed by atoms with Gasteiger partial charge < -0.3 is 19.7 Å². The van der Waals surface area contributed by atoms with Crippen molar-refractivity contribution in [3.63, 3.8) is 0 Å². The first-order valence-electron chi connectivity index (χ1n) is 12.0. The van der Waals surface area contributed by atoms with Crippen molar-refractivity contribution in [3.8, 4) is 22.6 Å². The monoisotopic (exact) mass is 460 g/mol. The fourth-order valence-electron chi connectivity index (χ4n) is 4.18. The summed E-state index contributed by atoms with van der Waals surface area (Å²) in [6.45, 7) is 6.94. The fraction of sp³-hybridized carbons (Fsp3) is 0.370. The molecule has 3 aromatic rings. The topological polar surface area (TPSA) is 76.6 Å². The molecule has 2 heterocycles. The van der Waals surface area contributed by atoms with E-state index in [-0.39, 0.29) is 11.8 Å². The summed E-state index contributed by atoms with van der Waals surface area (Å²) < 4.78 is 11.3. The van der Waals surface area contributed by atoms with Gasteiger partial charge in [-0.1, -0.05) is 36.4 Å². The van der Waals surface area contributed by atoms with E-state index < -0.39 is 0 Å². The van der Waals surface area contributed by atoms with Gasteiger partial charge >= 0.3 is 0 Å². The summed E-state index contributed by atoms with van der Waals surface area (Å²) in [5, 5.41) is 3.09. The first kappa shape index (κ1) is 23.5. The van der Waals surface area contributed by atoms with E-state index in [0.29, 0.717) is 38.0 Å². The Morgan fingerprint density at radius 1 is 1.00 bits per heavy atom. The standard InChI is InChI=1S/C27H32N4O3/c1-3-33-24-13-12-20(15-25(24)34-4-2)16-28-26(32)22-11-8-14-31(19-22)27-29-17-23(18-30-27)21-9-6-5-7-10-21/h5-7,9-10,12-13,15,17-18,22H,3-4,8,11,14,16,19H2,1-2H3,(H,28,32). The summed E-state index contributed by atoms with van der Waals surface area (Å²) in [6.07, 6.45) is 5.49. The molecule has 178 valence electrons. The number of anilines is 1. The molecule has 7 nitrogen and oxygen atoms in total. The Morgan fingerprint density at radius 3 is 2.47 bits per heavy atom. The number of amides is 1. The minimum absolute atomic E-state index is 0.0532. The molecule has 34 heavy (non-hydrogen) atoms. The third kappa shape index (κ3) is 5.84. The highest BCUT2D eigenvalue weighted by Gasteiger charge is 2.27. The number of carbonyl (C=O) groups excluding carboxylic acids is 1. The number of nitrogens with one attached hydrogen (secondary N) is 1. The van der Waals surface area contributed by atoms with E-state index in [4.69, 9.17) is 9.47 Å². The molecule has 4 rings (SSSR count). The smallest absolute Gasteiger partial charge is 0.225 e. The molecule has 1 atom stereocenters. The largest absolute Gasteiger partial charge is 0.490 e. The van der Waals surface area contributed by atoms with Gasteiger partial charge in [0, 0.05) is 37.6 Å². The van der Waals surface area contributed by atoms with Crippen LogP contribution in [0.4, 0.5) is 5.95 Å². The summed E-state index contributed by atoms with van der Waals surface area (Å²) in [4.78, 5) is 24.2. The zero-order valence-electron chi connectivity index (χ0n) is 19.9. The molecule has 1 aliphatic heterocycles. The van der Waals surface area contributed by atoms with E-state index in [1.807, 2.05) is 74.8 Å². The molecular weight excluding hydrogens is 428 g/mol. The lowest BCUT2D eigenvalue weighted by molar-refractivity contribution is -0.125. The number of hydrogen-bond donors (Lipinski definition) is 1. The van der Waals surface area contributed by atoms with E-state index >= 15 is 0 Å². The molecule has 0 aliphatic carbocycles. The van der Waals surface area contributed by atoms with Gasteiger partial charge in [0.2, 0.25) is 11.9 Å². The maximum absolute atomic E-state index is 12.9. The summed E-state index contributed by atoms with van der Waals surface area (Å²) >= 11 is 0. The fourth-order valence-corrected chi connectivity index (χ4v) is 4.18. The molecule has 0 saturated carbocycles. The maximum atomic E-state index is 12.9. The molecule has 1 unspecified atom stereocenters. The highest BCUT2D eigenvalue weighted by Crippen LogP contribution is 2.29. The minimum atomic E-state index is -0.0970. The van der Waals surface area contributed by atoms with Crippen LogP contribution in [-0.4, -0.2) is 42.2 Å². The van der Waals surface area contributed by atoms with Crippen molar-refractivity contribution in [2.75, 3.05) is 31.2 Å². The van der Waals surface area contributed by atoms with Crippen molar-refractivity contribution in [1.29, 1.82) is 0 Å². The molecule has 1 N–H and O–H groups in total. The second kappa shape index (κ2) is 11.5. The van der Waals surface area contributed by atoms with Crippen molar-refractivity contribution in [3.05, 3.63) is 66.5 Å². The summed E-state index contributed by atoms with van der Waals surface area (Å²) in [7, 11) is 0. The van der Waals surface area contributed by atoms with Gasteiger partial charge in [0.1, 0.15) is 0 Å². The van der Waals surface area contributed by atoms with E-state index in [1.54, 1.807) is 0 Å². The molecule has 1 amide bonds. The number of nitrogens with zero attached hydrogens (tertiary/aromatic N) is 3. The molecule has 1 fully saturated rings. The first-order chi connectivity index (χ1) is 16.7. The Hall–Kier alpha value is -3.61. The maximum Gasteiger partial charge on any atom is 0.225 e. The molecule has 2 aromatic carbocycles. The average Bonchev–Trinajstić information content (AvgIpc) is 2.89. The Kier molecular flexibility index (Phi) is 7.96. The average molecular weight is 461 g/mol. The predicted octanol–water partition coefficient (Wildman–Crippen LogP) is 4.47. The van der Waals surface area contributed by atoms with Gasteiger partial charge in [-0.15, -0.1) is 0 Å². The van der Waals surface area contributed by atoms with Gasteiger partial charge in [0.05, 0.1) is 19.1 Å². The number of benzene rings is 2. The van der Waals surface area contributed by atoms with E-state index in [2.05, 4.69) is 20.2 Å². The van der Waals surface area contributed by atoms with Crippen LogP contribution >= 0.6 is 0 Å². The lowest BCUT2D eigenvalue weighted by Crippen LogP contribution is -2.43. The van der Waals surface area contributed by atoms with Gasteiger partial charge in [-0.3, -0.25) is 4.79 Å². The molecule has 0 spiro atoms. The normalized spacial score (nSPS) is 15.6. The zero-order valence-corrected chi connectivity index (χ0v) is 19.9. The Labute approximate surface area is 201 Å².